The van der Waals surface area contributed by atoms with E-state index in [0.29, 0.717) is 6.54 Å². The van der Waals surface area contributed by atoms with E-state index < -0.39 is 0 Å². The van der Waals surface area contributed by atoms with Crippen molar-refractivity contribution in [2.45, 2.75) is 6.54 Å². The molecule has 0 fully saturated rings. The minimum Gasteiger partial charge on any atom is -0.379 e. The van der Waals surface area contributed by atoms with Gasteiger partial charge < -0.3 is 10.3 Å². The van der Waals surface area contributed by atoms with Crippen molar-refractivity contribution in [1.29, 1.82) is 0 Å². The van der Waals surface area contributed by atoms with Gasteiger partial charge in [-0.05, 0) is 35.4 Å². The van der Waals surface area contributed by atoms with E-state index in [-0.39, 0.29) is 0 Å². The number of hydrogen-bond acceptors (Lipinski definition) is 2. The third kappa shape index (κ3) is 3.04. The minimum absolute atomic E-state index is 0.707. The van der Waals surface area contributed by atoms with Gasteiger partial charge in [0.15, 0.2) is 0 Å². The molecule has 0 atom stereocenters. The van der Waals surface area contributed by atoms with E-state index in [4.69, 9.17) is 0 Å². The number of anilines is 1. The fourth-order valence-corrected chi connectivity index (χ4v) is 3.07. The molecule has 0 unspecified atom stereocenters. The summed E-state index contributed by atoms with van der Waals surface area (Å²) in [6, 6.07) is 22.8. The number of pyridine rings is 1. The molecule has 0 aliphatic heterocycles. The molecule has 2 N–H and O–H groups in total. The molecule has 3 nitrogen and oxygen atoms in total. The normalized spacial score (nSPS) is 10.7. The van der Waals surface area contributed by atoms with E-state index in [0.717, 1.165) is 28.0 Å². The van der Waals surface area contributed by atoms with Gasteiger partial charge in [-0.2, -0.15) is 0 Å². The maximum atomic E-state index is 4.48. The van der Waals surface area contributed by atoms with Crippen LogP contribution in [-0.2, 0) is 6.54 Å². The average molecular weight is 325 g/mol. The lowest BCUT2D eigenvalue weighted by atomic mass is 10.0. The van der Waals surface area contributed by atoms with E-state index in [1.165, 1.54) is 11.1 Å². The summed E-state index contributed by atoms with van der Waals surface area (Å²) >= 11 is 0. The molecule has 0 amide bonds. The minimum atomic E-state index is 0.707. The van der Waals surface area contributed by atoms with Gasteiger partial charge in [0.1, 0.15) is 5.65 Å². The summed E-state index contributed by atoms with van der Waals surface area (Å²) in [5.74, 6) is 0. The standard InChI is InChI=1S/C22H19N3/c1-2-16-10-12-17(13-11-16)21-19-9-6-14-23-22(19)25-20(21)15-24-18-7-4-3-5-8-18/h2-14,24H,1,15H2,(H,23,25). The van der Waals surface area contributed by atoms with Crippen LogP contribution >= 0.6 is 0 Å². The van der Waals surface area contributed by atoms with Crippen molar-refractivity contribution in [2.24, 2.45) is 0 Å². The summed E-state index contributed by atoms with van der Waals surface area (Å²) in [7, 11) is 0. The molecule has 2 aromatic carbocycles. The first kappa shape index (κ1) is 15.2. The third-order valence-electron chi connectivity index (χ3n) is 4.33. The fraction of sp³-hybridized carbons (Fsp3) is 0.0455. The molecule has 0 saturated carbocycles. The molecule has 0 aliphatic rings. The number of para-hydroxylation sites is 1. The molecule has 0 bridgehead atoms. The average Bonchev–Trinajstić information content (AvgIpc) is 3.05. The van der Waals surface area contributed by atoms with Gasteiger partial charge in [0.25, 0.3) is 0 Å². The third-order valence-corrected chi connectivity index (χ3v) is 4.33. The Labute approximate surface area is 147 Å². The number of H-pyrrole nitrogens is 1. The van der Waals surface area contributed by atoms with Crippen molar-refractivity contribution in [3.63, 3.8) is 0 Å². The predicted molar refractivity (Wildman–Crippen MR) is 105 cm³/mol. The van der Waals surface area contributed by atoms with Crippen LogP contribution in [-0.4, -0.2) is 9.97 Å². The topological polar surface area (TPSA) is 40.7 Å². The van der Waals surface area contributed by atoms with Gasteiger partial charge in [0, 0.05) is 28.5 Å². The zero-order chi connectivity index (χ0) is 17.1. The van der Waals surface area contributed by atoms with Gasteiger partial charge >= 0.3 is 0 Å². The highest BCUT2D eigenvalue weighted by Crippen LogP contribution is 2.32. The van der Waals surface area contributed by atoms with Crippen molar-refractivity contribution in [1.82, 2.24) is 9.97 Å². The number of aromatic amines is 1. The van der Waals surface area contributed by atoms with Crippen LogP contribution in [0.4, 0.5) is 5.69 Å². The zero-order valence-corrected chi connectivity index (χ0v) is 13.9. The van der Waals surface area contributed by atoms with E-state index in [1.807, 2.05) is 36.5 Å². The molecular formula is C22H19N3. The molecule has 4 rings (SSSR count). The second-order valence-electron chi connectivity index (χ2n) is 5.92. The number of benzene rings is 2. The van der Waals surface area contributed by atoms with Crippen molar-refractivity contribution < 1.29 is 0 Å². The van der Waals surface area contributed by atoms with Crippen LogP contribution in [0.1, 0.15) is 11.3 Å². The predicted octanol–water partition coefficient (Wildman–Crippen LogP) is 5.49. The molecule has 25 heavy (non-hydrogen) atoms. The Kier molecular flexibility index (Phi) is 4.05. The van der Waals surface area contributed by atoms with Crippen LogP contribution in [0.3, 0.4) is 0 Å². The van der Waals surface area contributed by atoms with Crippen LogP contribution in [0.5, 0.6) is 0 Å². The van der Waals surface area contributed by atoms with Crippen molar-refractivity contribution in [2.75, 3.05) is 5.32 Å². The summed E-state index contributed by atoms with van der Waals surface area (Å²) in [4.78, 5) is 7.94. The Balaban J connectivity index is 1.76. The fourth-order valence-electron chi connectivity index (χ4n) is 3.07. The van der Waals surface area contributed by atoms with Gasteiger partial charge in [-0.3, -0.25) is 0 Å². The van der Waals surface area contributed by atoms with Gasteiger partial charge in [0.2, 0.25) is 0 Å². The molecule has 0 saturated heterocycles. The van der Waals surface area contributed by atoms with Crippen LogP contribution < -0.4 is 5.32 Å². The number of fused-ring (bicyclic) bond motifs is 1. The second-order valence-corrected chi connectivity index (χ2v) is 5.92. The van der Waals surface area contributed by atoms with Crippen molar-refractivity contribution >= 4 is 22.8 Å². The Morgan fingerprint density at radius 1 is 0.960 bits per heavy atom. The SMILES string of the molecule is C=Cc1ccc(-c2c(CNc3ccccc3)[nH]c3ncccc23)cc1. The van der Waals surface area contributed by atoms with Gasteiger partial charge in [-0.25, -0.2) is 4.98 Å². The zero-order valence-electron chi connectivity index (χ0n) is 13.9. The number of hydrogen-bond donors (Lipinski definition) is 2. The first-order chi connectivity index (χ1) is 12.3. The molecule has 0 radical (unpaired) electrons. The van der Waals surface area contributed by atoms with E-state index in [9.17, 15) is 0 Å². The highest BCUT2D eigenvalue weighted by molar-refractivity contribution is 5.95. The van der Waals surface area contributed by atoms with Gasteiger partial charge in [-0.1, -0.05) is 55.1 Å². The number of rotatable bonds is 5. The first-order valence-electron chi connectivity index (χ1n) is 8.32. The Hall–Kier alpha value is -3.33. The van der Waals surface area contributed by atoms with Crippen molar-refractivity contribution in [3.8, 4) is 11.1 Å². The van der Waals surface area contributed by atoms with Crippen LogP contribution in [0.2, 0.25) is 0 Å². The maximum Gasteiger partial charge on any atom is 0.138 e. The summed E-state index contributed by atoms with van der Waals surface area (Å²) in [6.45, 7) is 4.53. The lowest BCUT2D eigenvalue weighted by Crippen LogP contribution is -2.01. The van der Waals surface area contributed by atoms with E-state index >= 15 is 0 Å². The smallest absolute Gasteiger partial charge is 0.138 e. The van der Waals surface area contributed by atoms with Crippen LogP contribution in [0.15, 0.2) is 79.5 Å². The monoisotopic (exact) mass is 325 g/mol. The largest absolute Gasteiger partial charge is 0.379 e. The Bertz CT molecular complexity index is 999. The summed E-state index contributed by atoms with van der Waals surface area (Å²) < 4.78 is 0. The van der Waals surface area contributed by atoms with E-state index in [1.54, 1.807) is 0 Å². The number of nitrogens with one attached hydrogen (secondary N) is 2. The number of nitrogens with zero attached hydrogens (tertiary/aromatic N) is 1. The molecule has 2 heterocycles. The lowest BCUT2D eigenvalue weighted by molar-refractivity contribution is 1.08. The maximum absolute atomic E-state index is 4.48. The first-order valence-corrected chi connectivity index (χ1v) is 8.32. The lowest BCUT2D eigenvalue weighted by Gasteiger charge is -2.08. The van der Waals surface area contributed by atoms with Gasteiger partial charge in [-0.15, -0.1) is 0 Å². The van der Waals surface area contributed by atoms with Crippen LogP contribution in [0.25, 0.3) is 28.2 Å². The highest BCUT2D eigenvalue weighted by Gasteiger charge is 2.13. The molecule has 2 aromatic heterocycles. The summed E-state index contributed by atoms with van der Waals surface area (Å²) in [5, 5.41) is 4.62. The molecular weight excluding hydrogens is 306 g/mol. The molecule has 122 valence electrons. The quantitative estimate of drug-likeness (QED) is 0.510. The molecule has 3 heteroatoms. The number of aromatic nitrogens is 2. The highest BCUT2D eigenvalue weighted by atomic mass is 14.9. The molecule has 4 aromatic rings. The Morgan fingerprint density at radius 3 is 2.52 bits per heavy atom. The molecule has 0 spiro atoms. The van der Waals surface area contributed by atoms with E-state index in [2.05, 4.69) is 64.3 Å². The molecule has 0 aliphatic carbocycles. The second kappa shape index (κ2) is 6.65. The Morgan fingerprint density at radius 2 is 1.76 bits per heavy atom. The van der Waals surface area contributed by atoms with Crippen LogP contribution in [0, 0.1) is 0 Å². The van der Waals surface area contributed by atoms with Gasteiger partial charge in [0.05, 0.1) is 6.54 Å². The van der Waals surface area contributed by atoms with Crippen molar-refractivity contribution in [3.05, 3.63) is 90.8 Å². The summed E-state index contributed by atoms with van der Waals surface area (Å²) in [5.41, 5.74) is 6.63. The summed E-state index contributed by atoms with van der Waals surface area (Å²) in [6.07, 6.45) is 3.68.